The number of aromatic nitrogens is 1. The van der Waals surface area contributed by atoms with Crippen LogP contribution in [0.3, 0.4) is 0 Å². The van der Waals surface area contributed by atoms with Gasteiger partial charge in [0.25, 0.3) is 0 Å². The van der Waals surface area contributed by atoms with E-state index in [0.717, 1.165) is 63.0 Å². The van der Waals surface area contributed by atoms with E-state index in [9.17, 15) is 4.79 Å². The second-order valence-corrected chi connectivity index (χ2v) is 11.5. The summed E-state index contributed by atoms with van der Waals surface area (Å²) in [7, 11) is 0. The summed E-state index contributed by atoms with van der Waals surface area (Å²) in [5.41, 5.74) is 3.67. The number of pyridine rings is 1. The van der Waals surface area contributed by atoms with E-state index >= 15 is 0 Å². The summed E-state index contributed by atoms with van der Waals surface area (Å²) >= 11 is 0. The van der Waals surface area contributed by atoms with Crippen LogP contribution < -0.4 is 4.90 Å². The fraction of sp³-hybridized carbons (Fsp3) is 0.548. The van der Waals surface area contributed by atoms with Gasteiger partial charge < -0.3 is 14.5 Å². The molecule has 198 valence electrons. The van der Waals surface area contributed by atoms with Crippen molar-refractivity contribution in [2.45, 2.75) is 46.1 Å². The highest BCUT2D eigenvalue weighted by molar-refractivity contribution is 6.05. The molecular formula is C31H42N4O2. The maximum Gasteiger partial charge on any atom is 0.167 e. The van der Waals surface area contributed by atoms with Gasteiger partial charge in [0.05, 0.1) is 24.9 Å². The molecular weight excluding hydrogens is 460 g/mol. The molecule has 3 fully saturated rings. The van der Waals surface area contributed by atoms with Crippen molar-refractivity contribution in [1.29, 1.82) is 0 Å². The number of rotatable bonds is 6. The van der Waals surface area contributed by atoms with E-state index in [4.69, 9.17) is 9.72 Å². The van der Waals surface area contributed by atoms with Crippen LogP contribution in [0.2, 0.25) is 0 Å². The lowest BCUT2D eigenvalue weighted by molar-refractivity contribution is -0.128. The van der Waals surface area contributed by atoms with Crippen molar-refractivity contribution < 1.29 is 9.53 Å². The van der Waals surface area contributed by atoms with Crippen LogP contribution in [-0.2, 0) is 9.53 Å². The molecule has 0 amide bonds. The van der Waals surface area contributed by atoms with Crippen molar-refractivity contribution in [1.82, 2.24) is 14.8 Å². The Bertz CT molecular complexity index is 1100. The number of piperidine rings is 2. The van der Waals surface area contributed by atoms with Crippen LogP contribution in [-0.4, -0.2) is 79.6 Å². The first-order valence-corrected chi connectivity index (χ1v) is 14.0. The Kier molecular flexibility index (Phi) is 8.08. The lowest BCUT2D eigenvalue weighted by Gasteiger charge is -2.45. The molecule has 0 radical (unpaired) electrons. The molecule has 3 saturated heterocycles. The van der Waals surface area contributed by atoms with Gasteiger partial charge in [0.1, 0.15) is 5.82 Å². The Hall–Kier alpha value is -2.54. The van der Waals surface area contributed by atoms with E-state index in [1.165, 1.54) is 43.5 Å². The average molecular weight is 503 g/mol. The average Bonchev–Trinajstić information content (AvgIpc) is 2.92. The van der Waals surface area contributed by atoms with Crippen LogP contribution in [0, 0.1) is 12.3 Å². The van der Waals surface area contributed by atoms with Gasteiger partial charge >= 0.3 is 0 Å². The first-order valence-electron chi connectivity index (χ1n) is 14.0. The minimum absolute atomic E-state index is 0.0697. The van der Waals surface area contributed by atoms with Crippen LogP contribution >= 0.6 is 0 Å². The van der Waals surface area contributed by atoms with E-state index in [1.807, 2.05) is 6.07 Å². The molecule has 37 heavy (non-hydrogen) atoms. The van der Waals surface area contributed by atoms with E-state index in [2.05, 4.69) is 77.9 Å². The lowest BCUT2D eigenvalue weighted by atomic mass is 9.74. The van der Waals surface area contributed by atoms with Gasteiger partial charge in [0, 0.05) is 43.7 Å². The number of morpholine rings is 1. The zero-order valence-electron chi connectivity index (χ0n) is 22.8. The predicted octanol–water partition coefficient (Wildman–Crippen LogP) is 4.75. The van der Waals surface area contributed by atoms with E-state index < -0.39 is 5.41 Å². The van der Waals surface area contributed by atoms with Crippen LogP contribution in [0.15, 0.2) is 48.0 Å². The molecule has 6 heteroatoms. The zero-order chi connectivity index (χ0) is 25.8. The number of aryl methyl sites for hydroxylation is 1. The fourth-order valence-electron chi connectivity index (χ4n) is 5.97. The quantitative estimate of drug-likeness (QED) is 0.532. The van der Waals surface area contributed by atoms with Crippen LogP contribution in [0.5, 0.6) is 0 Å². The van der Waals surface area contributed by atoms with Gasteiger partial charge in [-0.15, -0.1) is 0 Å². The monoisotopic (exact) mass is 502 g/mol. The summed E-state index contributed by atoms with van der Waals surface area (Å²) in [4.78, 5) is 26.4. The summed E-state index contributed by atoms with van der Waals surface area (Å²) < 4.78 is 5.52. The van der Waals surface area contributed by atoms with Crippen LogP contribution in [0.4, 0.5) is 5.82 Å². The highest BCUT2D eigenvalue weighted by Crippen LogP contribution is 2.41. The molecule has 0 aliphatic carbocycles. The largest absolute Gasteiger partial charge is 0.378 e. The molecule has 4 heterocycles. The van der Waals surface area contributed by atoms with E-state index in [1.54, 1.807) is 0 Å². The number of hydrogen-bond donors (Lipinski definition) is 0. The minimum atomic E-state index is -0.448. The highest BCUT2D eigenvalue weighted by Gasteiger charge is 2.44. The van der Waals surface area contributed by atoms with Gasteiger partial charge in [0.15, 0.2) is 5.78 Å². The molecule has 0 spiro atoms. The molecule has 6 nitrogen and oxygen atoms in total. The third-order valence-electron chi connectivity index (χ3n) is 8.07. The van der Waals surface area contributed by atoms with Crippen molar-refractivity contribution in [2.24, 2.45) is 5.41 Å². The number of benzene rings is 1. The second kappa shape index (κ2) is 11.5. The molecule has 5 rings (SSSR count). The molecule has 3 aliphatic rings. The fourth-order valence-corrected chi connectivity index (χ4v) is 5.97. The predicted molar refractivity (Wildman–Crippen MR) is 150 cm³/mol. The topological polar surface area (TPSA) is 48.9 Å². The maximum absolute atomic E-state index is 14.0. The van der Waals surface area contributed by atoms with Crippen molar-refractivity contribution in [3.63, 3.8) is 0 Å². The van der Waals surface area contributed by atoms with E-state index in [-0.39, 0.29) is 11.8 Å². The third-order valence-corrected chi connectivity index (χ3v) is 8.07. The molecule has 1 aromatic carbocycles. The molecule has 1 atom stereocenters. The lowest BCUT2D eigenvalue weighted by Crippen LogP contribution is -2.51. The summed E-state index contributed by atoms with van der Waals surface area (Å²) in [6, 6.07) is 14.8. The van der Waals surface area contributed by atoms with Gasteiger partial charge in [-0.2, -0.15) is 0 Å². The number of anilines is 1. The SMILES string of the molecule is Cc1ccc(C2/C(=C/c3cccc(N4CCOCC4)n3)C(=O)C(C)(C)CN2CCN2CCCCC2)cc1. The number of carbonyl (C=O) groups is 1. The van der Waals surface area contributed by atoms with Gasteiger partial charge in [-0.25, -0.2) is 4.98 Å². The maximum atomic E-state index is 14.0. The Labute approximate surface area is 222 Å². The molecule has 0 saturated carbocycles. The number of carbonyl (C=O) groups excluding carboxylic acids is 1. The molecule has 1 aromatic heterocycles. The Morgan fingerprint density at radius 1 is 0.973 bits per heavy atom. The van der Waals surface area contributed by atoms with Crippen molar-refractivity contribution >= 4 is 17.7 Å². The molecule has 2 aromatic rings. The molecule has 0 N–H and O–H groups in total. The van der Waals surface area contributed by atoms with Gasteiger partial charge in [-0.1, -0.05) is 56.2 Å². The Morgan fingerprint density at radius 2 is 1.70 bits per heavy atom. The minimum Gasteiger partial charge on any atom is -0.378 e. The van der Waals surface area contributed by atoms with Crippen LogP contribution in [0.1, 0.15) is 56.0 Å². The molecule has 3 aliphatic heterocycles. The number of hydrogen-bond acceptors (Lipinski definition) is 6. The zero-order valence-corrected chi connectivity index (χ0v) is 22.8. The first-order chi connectivity index (χ1) is 17.9. The summed E-state index contributed by atoms with van der Waals surface area (Å²) in [6.45, 7) is 14.6. The first kappa shape index (κ1) is 26.1. The van der Waals surface area contributed by atoms with Crippen molar-refractivity contribution in [3.8, 4) is 0 Å². The third kappa shape index (κ3) is 6.14. The van der Waals surface area contributed by atoms with E-state index in [0.29, 0.717) is 0 Å². The number of Topliss-reactive ketones (excluding diaryl/α,β-unsaturated/α-hetero) is 1. The normalized spacial score (nSPS) is 24.5. The van der Waals surface area contributed by atoms with Gasteiger partial charge in [0.2, 0.25) is 0 Å². The Morgan fingerprint density at radius 3 is 2.43 bits per heavy atom. The smallest absolute Gasteiger partial charge is 0.167 e. The Balaban J connectivity index is 1.50. The summed E-state index contributed by atoms with van der Waals surface area (Å²) in [6.07, 6.45) is 5.99. The number of ether oxygens (including phenoxy) is 1. The van der Waals surface area contributed by atoms with Crippen molar-refractivity contribution in [2.75, 3.05) is 63.9 Å². The summed E-state index contributed by atoms with van der Waals surface area (Å²) in [5.74, 6) is 1.18. The standard InChI is InChI=1S/C31H42N4O2/c1-24-10-12-25(13-11-24)29-27(22-26-8-7-9-28(32-26)34-18-20-37-21-19-34)30(36)31(2,3)23-35(29)17-16-33-14-5-4-6-15-33/h7-13,22,29H,4-6,14-21,23H2,1-3H3/b27-22-. The van der Waals surface area contributed by atoms with Crippen molar-refractivity contribution in [3.05, 3.63) is 64.9 Å². The highest BCUT2D eigenvalue weighted by atomic mass is 16.5. The number of nitrogens with zero attached hydrogens (tertiary/aromatic N) is 4. The number of ketones is 1. The van der Waals surface area contributed by atoms with Gasteiger partial charge in [-0.3, -0.25) is 9.69 Å². The molecule has 0 bridgehead atoms. The number of likely N-dealkylation sites (tertiary alicyclic amines) is 2. The van der Waals surface area contributed by atoms with Crippen LogP contribution in [0.25, 0.3) is 6.08 Å². The second-order valence-electron chi connectivity index (χ2n) is 11.5. The summed E-state index contributed by atoms with van der Waals surface area (Å²) in [5, 5.41) is 0. The van der Waals surface area contributed by atoms with Gasteiger partial charge in [-0.05, 0) is 56.6 Å². The molecule has 1 unspecified atom stereocenters.